The van der Waals surface area contributed by atoms with Gasteiger partial charge in [-0.3, -0.25) is 24.6 Å². The van der Waals surface area contributed by atoms with E-state index in [1.54, 1.807) is 0 Å². The van der Waals surface area contributed by atoms with Gasteiger partial charge in [0.15, 0.2) is 0 Å². The fraction of sp³-hybridized carbons (Fsp3) is 0.545. The Morgan fingerprint density at radius 3 is 2.08 bits per heavy atom. The third-order valence-corrected chi connectivity index (χ3v) is 9.30. The molecule has 20 nitrogen and oxygen atoms in total. The molecular formula is C33H44N6O14. The molecule has 0 spiro atoms. The Bertz CT molecular complexity index is 1630. The number of hydrogen-bond donors (Lipinski definition) is 4. The number of esters is 4. The molecule has 5 fully saturated rings. The number of nitrogens with zero attached hydrogens (tertiary/aromatic N) is 2. The maximum Gasteiger partial charge on any atom is 0.411 e. The number of carbonyl (C=O) groups is 7. The van der Waals surface area contributed by atoms with Crippen LogP contribution >= 0.6 is 0 Å². The van der Waals surface area contributed by atoms with E-state index in [2.05, 4.69) is 35.5 Å². The van der Waals surface area contributed by atoms with E-state index in [0.717, 1.165) is 25.5 Å². The summed E-state index contributed by atoms with van der Waals surface area (Å²) in [5.41, 5.74) is 0.287. The van der Waals surface area contributed by atoms with Gasteiger partial charge in [0.1, 0.15) is 30.8 Å². The number of allylic oxidation sites excluding steroid dienone is 1. The number of methoxy groups -OCH3 is 4. The van der Waals surface area contributed by atoms with Gasteiger partial charge in [-0.1, -0.05) is 30.3 Å². The number of amides is 3. The van der Waals surface area contributed by atoms with Crippen LogP contribution in [0.1, 0.15) is 45.5 Å². The lowest BCUT2D eigenvalue weighted by molar-refractivity contribution is -0.422. The SMILES string of the molecule is COC(=O)/C(=C1\CC[C@@H](C(=O)OC)N1)[N+](=O)[O-].COC(=O)C1NC(=O)C2CCC1N2.COC(=O)C1NC(=O)C2CCC1N2C(=O)OCc1ccccc1.[HH]. The number of benzene rings is 1. The highest BCUT2D eigenvalue weighted by Crippen LogP contribution is 2.32. The van der Waals surface area contributed by atoms with Gasteiger partial charge in [-0.25, -0.2) is 24.0 Å². The number of fused-ring (bicyclic) bond motifs is 4. The van der Waals surface area contributed by atoms with Crippen LogP contribution in [0.4, 0.5) is 4.79 Å². The minimum absolute atomic E-state index is 0. The number of ether oxygens (including phenoxy) is 5. The van der Waals surface area contributed by atoms with Crippen LogP contribution < -0.4 is 21.3 Å². The first kappa shape index (κ1) is 40.0. The lowest BCUT2D eigenvalue weighted by atomic mass is 10.1. The zero-order chi connectivity index (χ0) is 38.8. The van der Waals surface area contributed by atoms with Crippen molar-refractivity contribution in [2.45, 2.75) is 87.4 Å². The number of piperazine rings is 2. The molecule has 6 rings (SSSR count). The smallest absolute Gasteiger partial charge is 0.411 e. The van der Waals surface area contributed by atoms with Crippen molar-refractivity contribution < 1.29 is 63.6 Å². The number of nitro groups is 1. The zero-order valence-electron chi connectivity index (χ0n) is 29.5. The maximum absolute atomic E-state index is 12.4. The molecule has 1 aromatic carbocycles. The molecule has 53 heavy (non-hydrogen) atoms. The van der Waals surface area contributed by atoms with Crippen molar-refractivity contribution >= 4 is 41.8 Å². The van der Waals surface area contributed by atoms with Gasteiger partial charge in [-0.15, -0.1) is 0 Å². The van der Waals surface area contributed by atoms with E-state index in [1.165, 1.54) is 26.2 Å². The van der Waals surface area contributed by atoms with Crippen molar-refractivity contribution in [2.24, 2.45) is 0 Å². The van der Waals surface area contributed by atoms with Crippen LogP contribution in [0.3, 0.4) is 0 Å². The van der Waals surface area contributed by atoms with E-state index < -0.39 is 64.8 Å². The molecule has 4 N–H and O–H groups in total. The van der Waals surface area contributed by atoms with Crippen molar-refractivity contribution in [3.8, 4) is 0 Å². The van der Waals surface area contributed by atoms with Crippen molar-refractivity contribution in [1.82, 2.24) is 26.2 Å². The molecule has 4 bridgehead atoms. The highest BCUT2D eigenvalue weighted by molar-refractivity contribution is 5.94. The van der Waals surface area contributed by atoms with Crippen LogP contribution in [0.2, 0.25) is 0 Å². The summed E-state index contributed by atoms with van der Waals surface area (Å²) < 4.78 is 23.4. The number of hydrogen-bond acceptors (Lipinski definition) is 16. The van der Waals surface area contributed by atoms with E-state index in [0.29, 0.717) is 19.3 Å². The summed E-state index contributed by atoms with van der Waals surface area (Å²) in [5, 5.41) is 21.7. The van der Waals surface area contributed by atoms with Crippen molar-refractivity contribution in [2.75, 3.05) is 28.4 Å². The standard InChI is InChI=1S/C16H18N2O5.C9H12N2O6.C8H12N2O3.H2/c1-22-15(20)13-11-7-8-12(14(19)17-13)18(11)16(21)23-9-10-5-3-2-4-6-10;1-16-8(12)6-4-3-5(10-6)7(11(14)15)9(13)17-2;1-13-8(12)6-4-2-3-5(9-4)7(11)10-6;/h2-6,11-13H,7-9H2,1H3,(H,17,19);6,10H,3-4H2,1-2H3;4-6,9H,2-3H2,1H3,(H,10,11);1H/b;7-5-;;/t;6-;;/m.0../s1. The average molecular weight is 749 g/mol. The molecule has 290 valence electrons. The third kappa shape index (κ3) is 9.36. The van der Waals surface area contributed by atoms with Crippen LogP contribution in [0.15, 0.2) is 41.7 Å². The normalized spacial score (nSPS) is 27.1. The van der Waals surface area contributed by atoms with Gasteiger partial charge in [0.2, 0.25) is 11.8 Å². The minimum Gasteiger partial charge on any atom is -0.467 e. The quantitative estimate of drug-likeness (QED) is 0.0894. The number of rotatable bonds is 7. The topological polar surface area (TPSA) is 260 Å². The van der Waals surface area contributed by atoms with Gasteiger partial charge in [0, 0.05) is 7.47 Å². The van der Waals surface area contributed by atoms with Gasteiger partial charge < -0.3 is 45.0 Å². The Balaban J connectivity index is 0.000000225. The highest BCUT2D eigenvalue weighted by atomic mass is 16.6. The van der Waals surface area contributed by atoms with Crippen LogP contribution in [-0.4, -0.2) is 122 Å². The third-order valence-electron chi connectivity index (χ3n) is 9.30. The summed E-state index contributed by atoms with van der Waals surface area (Å²) in [4.78, 5) is 92.5. The highest BCUT2D eigenvalue weighted by Gasteiger charge is 2.52. The summed E-state index contributed by atoms with van der Waals surface area (Å²) in [5.74, 6) is -2.92. The monoisotopic (exact) mass is 748 g/mol. The van der Waals surface area contributed by atoms with Crippen molar-refractivity contribution in [1.29, 1.82) is 0 Å². The molecular weight excluding hydrogens is 704 g/mol. The molecule has 3 amide bonds. The fourth-order valence-electron chi connectivity index (χ4n) is 6.67. The Morgan fingerprint density at radius 1 is 0.811 bits per heavy atom. The Labute approximate surface area is 304 Å². The Kier molecular flexibility index (Phi) is 13.7. The van der Waals surface area contributed by atoms with Crippen LogP contribution in [0.25, 0.3) is 0 Å². The van der Waals surface area contributed by atoms with E-state index in [1.807, 2.05) is 30.3 Å². The number of carbonyl (C=O) groups excluding carboxylic acids is 7. The predicted molar refractivity (Wildman–Crippen MR) is 179 cm³/mol. The van der Waals surface area contributed by atoms with Crippen LogP contribution in [0.5, 0.6) is 0 Å². The molecule has 1 aromatic rings. The largest absolute Gasteiger partial charge is 0.467 e. The summed E-state index contributed by atoms with van der Waals surface area (Å²) in [6, 6.07) is 6.23. The maximum atomic E-state index is 12.4. The molecule has 0 aliphatic carbocycles. The molecule has 0 radical (unpaired) electrons. The predicted octanol–water partition coefficient (Wildman–Crippen LogP) is -0.575. The molecule has 5 heterocycles. The molecule has 5 aliphatic rings. The first-order chi connectivity index (χ1) is 25.3. The van der Waals surface area contributed by atoms with Gasteiger partial charge in [0.25, 0.3) is 0 Å². The van der Waals surface area contributed by atoms with Crippen molar-refractivity contribution in [3.63, 3.8) is 0 Å². The molecule has 6 unspecified atom stereocenters. The molecule has 7 atom stereocenters. The Hall–Kier alpha value is -5.79. The first-order valence-corrected chi connectivity index (χ1v) is 16.7. The number of nitrogens with one attached hydrogen (secondary N) is 4. The fourth-order valence-corrected chi connectivity index (χ4v) is 6.67. The minimum atomic E-state index is -1.04. The average Bonchev–Trinajstić information content (AvgIpc) is 3.92. The molecule has 5 saturated heterocycles. The zero-order valence-corrected chi connectivity index (χ0v) is 29.5. The van der Waals surface area contributed by atoms with E-state index >= 15 is 0 Å². The second kappa shape index (κ2) is 18.1. The molecule has 0 aromatic heterocycles. The summed E-state index contributed by atoms with van der Waals surface area (Å²) in [7, 11) is 4.86. The lowest BCUT2D eigenvalue weighted by Gasteiger charge is -2.37. The van der Waals surface area contributed by atoms with Gasteiger partial charge in [-0.2, -0.15) is 0 Å². The van der Waals surface area contributed by atoms with Crippen LogP contribution in [-0.2, 0) is 59.1 Å². The first-order valence-electron chi connectivity index (χ1n) is 16.7. The van der Waals surface area contributed by atoms with E-state index in [9.17, 15) is 43.7 Å². The second-order valence-corrected chi connectivity index (χ2v) is 12.4. The summed E-state index contributed by atoms with van der Waals surface area (Å²) >= 11 is 0. The van der Waals surface area contributed by atoms with E-state index in [-0.39, 0.29) is 50.0 Å². The lowest BCUT2D eigenvalue weighted by Crippen LogP contribution is -2.65. The summed E-state index contributed by atoms with van der Waals surface area (Å²) in [6.07, 6.45) is 2.73. The van der Waals surface area contributed by atoms with Gasteiger partial charge in [-0.05, 0) is 44.1 Å². The second-order valence-electron chi connectivity index (χ2n) is 12.4. The van der Waals surface area contributed by atoms with E-state index in [4.69, 9.17) is 9.47 Å². The molecule has 20 heteroatoms. The Morgan fingerprint density at radius 2 is 1.45 bits per heavy atom. The molecule has 5 aliphatic heterocycles. The van der Waals surface area contributed by atoms with Gasteiger partial charge in [0.05, 0.1) is 51.1 Å². The molecule has 0 saturated carbocycles. The van der Waals surface area contributed by atoms with Crippen molar-refractivity contribution in [3.05, 3.63) is 57.4 Å². The van der Waals surface area contributed by atoms with Gasteiger partial charge >= 0.3 is 35.7 Å². The summed E-state index contributed by atoms with van der Waals surface area (Å²) in [6.45, 7) is 0.125. The van der Waals surface area contributed by atoms with Crippen LogP contribution in [0, 0.1) is 10.1 Å².